The predicted octanol–water partition coefficient (Wildman–Crippen LogP) is 6.19. The molecule has 2 aromatic heterocycles. The molecular weight excluding hydrogens is 328 g/mol. The third kappa shape index (κ3) is 2.64. The Balaban J connectivity index is 1.76. The number of fused-ring (bicyclic) bond motifs is 4. The Hall–Kier alpha value is -3.00. The lowest BCUT2D eigenvalue weighted by Gasteiger charge is -2.22. The molecule has 0 spiro atoms. The molecule has 0 saturated heterocycles. The van der Waals surface area contributed by atoms with Crippen LogP contribution in [0.15, 0.2) is 67.1 Å². The Kier molecular flexibility index (Phi) is 3.78. The lowest BCUT2D eigenvalue weighted by atomic mass is 9.84. The number of benzene rings is 2. The zero-order chi connectivity index (χ0) is 18.4. The van der Waals surface area contributed by atoms with E-state index in [1.807, 2.05) is 18.6 Å². The molecule has 2 aromatic carbocycles. The van der Waals surface area contributed by atoms with Gasteiger partial charge in [0, 0.05) is 29.7 Å². The molecule has 0 amide bonds. The molecule has 0 fully saturated rings. The third-order valence-corrected chi connectivity index (χ3v) is 5.69. The van der Waals surface area contributed by atoms with Crippen molar-refractivity contribution in [3.63, 3.8) is 0 Å². The molecule has 2 heterocycles. The summed E-state index contributed by atoms with van der Waals surface area (Å²) in [5, 5.41) is 2.63. The monoisotopic (exact) mass is 350 g/mol. The third-order valence-electron chi connectivity index (χ3n) is 5.69. The fourth-order valence-electron chi connectivity index (χ4n) is 4.34. The van der Waals surface area contributed by atoms with Gasteiger partial charge < -0.3 is 0 Å². The summed E-state index contributed by atoms with van der Waals surface area (Å²) >= 11 is 0. The van der Waals surface area contributed by atoms with Crippen molar-refractivity contribution in [3.8, 4) is 22.4 Å². The molecule has 1 aliphatic carbocycles. The maximum atomic E-state index is 4.82. The van der Waals surface area contributed by atoms with Crippen LogP contribution in [0, 0.1) is 0 Å². The van der Waals surface area contributed by atoms with Crippen LogP contribution in [0.3, 0.4) is 0 Å². The fraction of sp³-hybridized carbons (Fsp3) is 0.200. The molecule has 0 atom stereocenters. The fourth-order valence-corrected chi connectivity index (χ4v) is 4.34. The first-order valence-corrected chi connectivity index (χ1v) is 9.66. The summed E-state index contributed by atoms with van der Waals surface area (Å²) in [5.74, 6) is 0.472. The molecule has 0 radical (unpaired) electrons. The number of nitrogens with zero attached hydrogens (tertiary/aromatic N) is 2. The van der Waals surface area contributed by atoms with Crippen LogP contribution in [0.1, 0.15) is 36.5 Å². The topological polar surface area (TPSA) is 25.8 Å². The Bertz CT molecular complexity index is 1160. The highest BCUT2D eigenvalue weighted by atomic mass is 14.7. The van der Waals surface area contributed by atoms with Crippen LogP contribution in [0.25, 0.3) is 33.2 Å². The average Bonchev–Trinajstić information content (AvgIpc) is 2.72. The Labute approximate surface area is 159 Å². The quantitative estimate of drug-likeness (QED) is 0.431. The van der Waals surface area contributed by atoms with E-state index in [0.717, 1.165) is 18.5 Å². The molecule has 0 bridgehead atoms. The van der Waals surface area contributed by atoms with Gasteiger partial charge in [-0.05, 0) is 76.1 Å². The standard InChI is InChI=1S/C25H22N2/c1-16(2)23-14-19(13-18-5-3-4-6-20(18)23)25-22-8-7-17-9-11-26-15-24(17)21(22)10-12-27-25/h3-6,9-16H,7-8H2,1-2H3. The lowest BCUT2D eigenvalue weighted by Crippen LogP contribution is -2.07. The maximum absolute atomic E-state index is 4.82. The van der Waals surface area contributed by atoms with Gasteiger partial charge in [-0.3, -0.25) is 9.97 Å². The van der Waals surface area contributed by atoms with Gasteiger partial charge in [0.05, 0.1) is 5.69 Å². The molecule has 5 rings (SSSR count). The smallest absolute Gasteiger partial charge is 0.0740 e. The molecule has 132 valence electrons. The molecule has 0 unspecified atom stereocenters. The van der Waals surface area contributed by atoms with E-state index < -0.39 is 0 Å². The van der Waals surface area contributed by atoms with Crippen LogP contribution >= 0.6 is 0 Å². The Morgan fingerprint density at radius 3 is 2.67 bits per heavy atom. The first kappa shape index (κ1) is 16.2. The molecule has 1 aliphatic rings. The number of pyridine rings is 2. The molecule has 0 N–H and O–H groups in total. The normalized spacial score (nSPS) is 12.9. The molecule has 27 heavy (non-hydrogen) atoms. The van der Waals surface area contributed by atoms with Gasteiger partial charge in [0.2, 0.25) is 0 Å². The highest BCUT2D eigenvalue weighted by molar-refractivity contribution is 5.91. The largest absolute Gasteiger partial charge is 0.264 e. The van der Waals surface area contributed by atoms with Crippen molar-refractivity contribution in [1.82, 2.24) is 9.97 Å². The number of hydrogen-bond acceptors (Lipinski definition) is 2. The first-order chi connectivity index (χ1) is 13.2. The number of aromatic nitrogens is 2. The molecule has 0 saturated carbocycles. The van der Waals surface area contributed by atoms with Gasteiger partial charge in [0.1, 0.15) is 0 Å². The summed E-state index contributed by atoms with van der Waals surface area (Å²) in [6.07, 6.45) is 7.91. The van der Waals surface area contributed by atoms with E-state index >= 15 is 0 Å². The van der Waals surface area contributed by atoms with Crippen LogP contribution in [0.2, 0.25) is 0 Å². The van der Waals surface area contributed by atoms with Gasteiger partial charge in [0.25, 0.3) is 0 Å². The second-order valence-corrected chi connectivity index (χ2v) is 7.66. The molecule has 4 aromatic rings. The average molecular weight is 350 g/mol. The van der Waals surface area contributed by atoms with E-state index in [4.69, 9.17) is 4.98 Å². The van der Waals surface area contributed by atoms with Crippen molar-refractivity contribution in [1.29, 1.82) is 0 Å². The van der Waals surface area contributed by atoms with Gasteiger partial charge >= 0.3 is 0 Å². The highest BCUT2D eigenvalue weighted by Gasteiger charge is 2.21. The number of hydrogen-bond donors (Lipinski definition) is 0. The molecule has 2 nitrogen and oxygen atoms in total. The van der Waals surface area contributed by atoms with E-state index in [1.54, 1.807) is 0 Å². The minimum Gasteiger partial charge on any atom is -0.264 e. The van der Waals surface area contributed by atoms with E-state index in [-0.39, 0.29) is 0 Å². The zero-order valence-corrected chi connectivity index (χ0v) is 15.7. The van der Waals surface area contributed by atoms with Gasteiger partial charge in [-0.15, -0.1) is 0 Å². The van der Waals surface area contributed by atoms with Crippen LogP contribution in [-0.2, 0) is 12.8 Å². The second kappa shape index (κ2) is 6.31. The van der Waals surface area contributed by atoms with Crippen LogP contribution < -0.4 is 0 Å². The van der Waals surface area contributed by atoms with Crippen molar-refractivity contribution < 1.29 is 0 Å². The molecular formula is C25H22N2. The minimum atomic E-state index is 0.472. The highest BCUT2D eigenvalue weighted by Crippen LogP contribution is 2.39. The molecule has 0 aliphatic heterocycles. The van der Waals surface area contributed by atoms with Crippen LogP contribution in [0.5, 0.6) is 0 Å². The van der Waals surface area contributed by atoms with Gasteiger partial charge in [-0.1, -0.05) is 38.1 Å². The van der Waals surface area contributed by atoms with E-state index in [2.05, 4.69) is 67.4 Å². The Morgan fingerprint density at radius 2 is 1.78 bits per heavy atom. The molecule has 2 heteroatoms. The maximum Gasteiger partial charge on any atom is 0.0740 e. The van der Waals surface area contributed by atoms with Crippen LogP contribution in [0.4, 0.5) is 0 Å². The van der Waals surface area contributed by atoms with Gasteiger partial charge in [-0.25, -0.2) is 0 Å². The lowest BCUT2D eigenvalue weighted by molar-refractivity contribution is 0.876. The van der Waals surface area contributed by atoms with Gasteiger partial charge in [0.15, 0.2) is 0 Å². The summed E-state index contributed by atoms with van der Waals surface area (Å²) < 4.78 is 0. The van der Waals surface area contributed by atoms with E-state index in [9.17, 15) is 0 Å². The summed E-state index contributed by atoms with van der Waals surface area (Å²) in [6, 6.07) is 17.6. The van der Waals surface area contributed by atoms with Gasteiger partial charge in [-0.2, -0.15) is 0 Å². The van der Waals surface area contributed by atoms with Crippen molar-refractivity contribution >= 4 is 10.8 Å². The van der Waals surface area contributed by atoms with Crippen molar-refractivity contribution in [3.05, 3.63) is 83.8 Å². The minimum absolute atomic E-state index is 0.472. The predicted molar refractivity (Wildman–Crippen MR) is 112 cm³/mol. The summed E-state index contributed by atoms with van der Waals surface area (Å²) in [6.45, 7) is 4.53. The second-order valence-electron chi connectivity index (χ2n) is 7.66. The van der Waals surface area contributed by atoms with Crippen molar-refractivity contribution in [2.24, 2.45) is 0 Å². The van der Waals surface area contributed by atoms with Crippen molar-refractivity contribution in [2.75, 3.05) is 0 Å². The number of rotatable bonds is 2. The van der Waals surface area contributed by atoms with E-state index in [0.29, 0.717) is 5.92 Å². The summed E-state index contributed by atoms with van der Waals surface area (Å²) in [7, 11) is 0. The Morgan fingerprint density at radius 1 is 0.889 bits per heavy atom. The van der Waals surface area contributed by atoms with E-state index in [1.165, 1.54) is 44.2 Å². The number of aryl methyl sites for hydroxylation is 1. The summed E-state index contributed by atoms with van der Waals surface area (Å²) in [5.41, 5.74) is 9.01. The SMILES string of the molecule is CC(C)c1cc(-c2nccc3c2CCc2ccncc2-3)cc2ccccc12. The van der Waals surface area contributed by atoms with Crippen LogP contribution in [-0.4, -0.2) is 9.97 Å². The van der Waals surface area contributed by atoms with Crippen molar-refractivity contribution in [2.45, 2.75) is 32.6 Å². The summed E-state index contributed by atoms with van der Waals surface area (Å²) in [4.78, 5) is 9.18. The zero-order valence-electron chi connectivity index (χ0n) is 15.7. The first-order valence-electron chi connectivity index (χ1n) is 9.66.